The van der Waals surface area contributed by atoms with Crippen LogP contribution in [0.25, 0.3) is 5.69 Å². The molecule has 1 amide bonds. The summed E-state index contributed by atoms with van der Waals surface area (Å²) < 4.78 is 16.9. The Morgan fingerprint density at radius 1 is 1.26 bits per heavy atom. The molecule has 1 aliphatic heterocycles. The molecule has 0 aliphatic carbocycles. The van der Waals surface area contributed by atoms with Crippen molar-refractivity contribution < 1.29 is 9.18 Å². The number of carbonyl (C=O) groups excluding carboxylic acids is 1. The fraction of sp³-hybridized carbons (Fsp3) is 0.200. The zero-order valence-corrected chi connectivity index (χ0v) is 12.1. The van der Waals surface area contributed by atoms with Gasteiger partial charge in [0.25, 0.3) is 5.91 Å². The Morgan fingerprint density at radius 2 is 2.13 bits per heavy atom. The molecule has 3 heterocycles. The predicted molar refractivity (Wildman–Crippen MR) is 78.5 cm³/mol. The SMILES string of the molecule is O=C(c1cc(F)ccc1-n1cccn1)N1CC(n2cncn2)C1. The van der Waals surface area contributed by atoms with Crippen LogP contribution in [0.2, 0.25) is 0 Å². The van der Waals surface area contributed by atoms with E-state index in [1.54, 1.807) is 45.1 Å². The first-order valence-corrected chi connectivity index (χ1v) is 7.15. The minimum Gasteiger partial charge on any atom is -0.334 e. The molecule has 1 saturated heterocycles. The van der Waals surface area contributed by atoms with Crippen molar-refractivity contribution in [3.8, 4) is 5.69 Å². The molecule has 0 N–H and O–H groups in total. The first-order chi connectivity index (χ1) is 11.2. The van der Waals surface area contributed by atoms with E-state index in [9.17, 15) is 9.18 Å². The average Bonchev–Trinajstić information content (AvgIpc) is 3.19. The lowest BCUT2D eigenvalue weighted by Gasteiger charge is -2.39. The molecule has 0 saturated carbocycles. The van der Waals surface area contributed by atoms with E-state index in [2.05, 4.69) is 15.2 Å². The maximum atomic E-state index is 13.6. The standard InChI is InChI=1S/C15H13FN6O/c16-11-2-3-14(21-5-1-4-18-21)13(6-11)15(23)20-7-12(8-20)22-10-17-9-19-22/h1-6,9-10,12H,7-8H2. The van der Waals surface area contributed by atoms with Gasteiger partial charge in [0.15, 0.2) is 0 Å². The number of amides is 1. The Hall–Kier alpha value is -3.03. The monoisotopic (exact) mass is 312 g/mol. The van der Waals surface area contributed by atoms with Crippen LogP contribution in [-0.2, 0) is 0 Å². The van der Waals surface area contributed by atoms with Crippen LogP contribution in [-0.4, -0.2) is 48.4 Å². The predicted octanol–water partition coefficient (Wildman–Crippen LogP) is 1.30. The summed E-state index contributed by atoms with van der Waals surface area (Å²) in [5, 5.41) is 8.19. The van der Waals surface area contributed by atoms with Gasteiger partial charge in [-0.2, -0.15) is 10.2 Å². The summed E-state index contributed by atoms with van der Waals surface area (Å²) in [6.07, 6.45) is 6.43. The van der Waals surface area contributed by atoms with Crippen molar-refractivity contribution in [1.82, 2.24) is 29.4 Å². The zero-order chi connectivity index (χ0) is 15.8. The second-order valence-corrected chi connectivity index (χ2v) is 5.35. The topological polar surface area (TPSA) is 68.8 Å². The molecule has 1 aromatic carbocycles. The Bertz CT molecular complexity index is 824. The molecule has 0 radical (unpaired) electrons. The highest BCUT2D eigenvalue weighted by atomic mass is 19.1. The van der Waals surface area contributed by atoms with Gasteiger partial charge in [0.05, 0.1) is 17.3 Å². The molecule has 1 aliphatic rings. The van der Waals surface area contributed by atoms with Crippen molar-refractivity contribution in [2.24, 2.45) is 0 Å². The summed E-state index contributed by atoms with van der Waals surface area (Å²) in [6.45, 7) is 1.05. The lowest BCUT2D eigenvalue weighted by atomic mass is 10.1. The van der Waals surface area contributed by atoms with Crippen LogP contribution in [0.3, 0.4) is 0 Å². The van der Waals surface area contributed by atoms with Gasteiger partial charge in [0, 0.05) is 25.5 Å². The van der Waals surface area contributed by atoms with Gasteiger partial charge in [-0.25, -0.2) is 18.7 Å². The van der Waals surface area contributed by atoms with Gasteiger partial charge in [-0.05, 0) is 24.3 Å². The molecule has 0 atom stereocenters. The summed E-state index contributed by atoms with van der Waals surface area (Å²) >= 11 is 0. The molecule has 4 rings (SSSR count). The van der Waals surface area contributed by atoms with Gasteiger partial charge < -0.3 is 4.90 Å². The minimum absolute atomic E-state index is 0.114. The Kier molecular flexibility index (Phi) is 3.14. The smallest absolute Gasteiger partial charge is 0.256 e. The summed E-state index contributed by atoms with van der Waals surface area (Å²) in [4.78, 5) is 18.2. The van der Waals surface area contributed by atoms with Gasteiger partial charge in [-0.15, -0.1) is 0 Å². The second kappa shape index (κ2) is 5.31. The molecular weight excluding hydrogens is 299 g/mol. The first kappa shape index (κ1) is 13.6. The van der Waals surface area contributed by atoms with Crippen LogP contribution in [0.4, 0.5) is 4.39 Å². The number of hydrogen-bond acceptors (Lipinski definition) is 4. The number of carbonyl (C=O) groups is 1. The highest BCUT2D eigenvalue weighted by Gasteiger charge is 2.34. The van der Waals surface area contributed by atoms with Crippen LogP contribution >= 0.6 is 0 Å². The largest absolute Gasteiger partial charge is 0.334 e. The molecule has 0 spiro atoms. The molecule has 3 aromatic rings. The summed E-state index contributed by atoms with van der Waals surface area (Å²) in [5.74, 6) is -0.663. The number of rotatable bonds is 3. The highest BCUT2D eigenvalue weighted by molar-refractivity contribution is 5.98. The van der Waals surface area contributed by atoms with Crippen LogP contribution in [0, 0.1) is 5.82 Å². The fourth-order valence-electron chi connectivity index (χ4n) is 2.66. The van der Waals surface area contributed by atoms with Gasteiger partial charge in [0.1, 0.15) is 18.5 Å². The van der Waals surface area contributed by atoms with Gasteiger partial charge in [0.2, 0.25) is 0 Å². The quantitative estimate of drug-likeness (QED) is 0.731. The molecule has 23 heavy (non-hydrogen) atoms. The number of aromatic nitrogens is 5. The van der Waals surface area contributed by atoms with Crippen molar-refractivity contribution in [1.29, 1.82) is 0 Å². The van der Waals surface area contributed by atoms with Crippen molar-refractivity contribution in [2.75, 3.05) is 13.1 Å². The summed E-state index contributed by atoms with van der Waals surface area (Å²) in [7, 11) is 0. The van der Waals surface area contributed by atoms with Gasteiger partial charge in [-0.1, -0.05) is 0 Å². The van der Waals surface area contributed by atoms with Crippen molar-refractivity contribution in [3.05, 3.63) is 60.7 Å². The van der Waals surface area contributed by atoms with E-state index in [1.807, 2.05) is 0 Å². The molecule has 8 heteroatoms. The van der Waals surface area contributed by atoms with E-state index in [4.69, 9.17) is 0 Å². The number of hydrogen-bond donors (Lipinski definition) is 0. The van der Waals surface area contributed by atoms with Gasteiger partial charge >= 0.3 is 0 Å². The van der Waals surface area contributed by atoms with E-state index < -0.39 is 5.82 Å². The fourth-order valence-corrected chi connectivity index (χ4v) is 2.66. The summed E-state index contributed by atoms with van der Waals surface area (Å²) in [5.41, 5.74) is 0.858. The molecule has 0 unspecified atom stereocenters. The Balaban J connectivity index is 1.59. The van der Waals surface area contributed by atoms with Crippen molar-refractivity contribution >= 4 is 5.91 Å². The number of halogens is 1. The Labute approximate surface area is 131 Å². The van der Waals surface area contributed by atoms with Crippen molar-refractivity contribution in [2.45, 2.75) is 6.04 Å². The molecule has 1 fully saturated rings. The molecular formula is C15H13FN6O. The van der Waals surface area contributed by atoms with Crippen molar-refractivity contribution in [3.63, 3.8) is 0 Å². The third kappa shape index (κ3) is 2.37. The maximum absolute atomic E-state index is 13.6. The zero-order valence-electron chi connectivity index (χ0n) is 12.1. The van der Waals surface area contributed by atoms with Crippen LogP contribution < -0.4 is 0 Å². The first-order valence-electron chi connectivity index (χ1n) is 7.15. The minimum atomic E-state index is -0.447. The van der Waals surface area contributed by atoms with Gasteiger partial charge in [-0.3, -0.25) is 4.79 Å². The van der Waals surface area contributed by atoms with Crippen LogP contribution in [0.5, 0.6) is 0 Å². The number of benzene rings is 1. The second-order valence-electron chi connectivity index (χ2n) is 5.35. The summed E-state index contributed by atoms with van der Waals surface area (Å²) in [6, 6.07) is 6.00. The average molecular weight is 312 g/mol. The lowest BCUT2D eigenvalue weighted by molar-refractivity contribution is 0.0500. The van der Waals surface area contributed by atoms with Crippen LogP contribution in [0.15, 0.2) is 49.3 Å². The van der Waals surface area contributed by atoms with Crippen LogP contribution in [0.1, 0.15) is 16.4 Å². The molecule has 7 nitrogen and oxygen atoms in total. The van der Waals surface area contributed by atoms with E-state index in [-0.39, 0.29) is 11.9 Å². The molecule has 2 aromatic heterocycles. The third-order valence-corrected chi connectivity index (χ3v) is 3.90. The third-order valence-electron chi connectivity index (χ3n) is 3.90. The molecule has 0 bridgehead atoms. The van der Waals surface area contributed by atoms with E-state index in [0.717, 1.165) is 0 Å². The van der Waals surface area contributed by atoms with E-state index in [0.29, 0.717) is 24.3 Å². The number of likely N-dealkylation sites (tertiary alicyclic amines) is 1. The maximum Gasteiger partial charge on any atom is 0.256 e. The Morgan fingerprint density at radius 3 is 2.83 bits per heavy atom. The normalized spacial score (nSPS) is 14.7. The van der Waals surface area contributed by atoms with E-state index >= 15 is 0 Å². The van der Waals surface area contributed by atoms with E-state index in [1.165, 1.54) is 18.5 Å². The highest BCUT2D eigenvalue weighted by Crippen LogP contribution is 2.25. The molecule has 116 valence electrons. The lowest BCUT2D eigenvalue weighted by Crippen LogP contribution is -2.51. The number of nitrogens with zero attached hydrogens (tertiary/aromatic N) is 6.